The van der Waals surface area contributed by atoms with Crippen molar-refractivity contribution in [1.29, 1.82) is 0 Å². The molecule has 14 heteroatoms. The summed E-state index contributed by atoms with van der Waals surface area (Å²) in [4.78, 5) is 0. The van der Waals surface area contributed by atoms with Crippen LogP contribution in [0, 0.1) is 0 Å². The molecule has 0 saturated heterocycles. The van der Waals surface area contributed by atoms with Crippen LogP contribution in [0.3, 0.4) is 0 Å². The van der Waals surface area contributed by atoms with Crippen molar-refractivity contribution in [1.82, 2.24) is 0 Å². The van der Waals surface area contributed by atoms with Crippen LogP contribution in [-0.2, 0) is 146 Å². The minimum Gasteiger partial charge on any atom is -0.907 e. The van der Waals surface area contributed by atoms with Crippen molar-refractivity contribution in [3.8, 4) is 0 Å². The van der Waals surface area contributed by atoms with Gasteiger partial charge in [0.1, 0.15) is 0 Å². The summed E-state index contributed by atoms with van der Waals surface area (Å²) < 4.78 is 4.55. The molecule has 168 valence electrons. The molecule has 3 rings (SSSR count). The van der Waals surface area contributed by atoms with Gasteiger partial charge in [0.15, 0.2) is 0 Å². The largest absolute Gasteiger partial charge is 0.907 e. The fourth-order valence-electron chi connectivity index (χ4n) is 1.43. The molecule has 0 spiro atoms. The summed E-state index contributed by atoms with van der Waals surface area (Å²) in [5.41, 5.74) is 0. The Morgan fingerprint density at radius 1 is 0.375 bits per heavy atom. The topological polar surface area (TPSA) is 138 Å². The molecule has 3 aromatic carbocycles. The first-order valence-electron chi connectivity index (χ1n) is 8.21. The SMILES string of the molecule is [Ag+].[Ag+].[Ag+].[Hg+][c]1ccccc1.[Hg+][c]1ccccc1.[Hg+][c]1ccccc1.[O-]B([O-])[O-].[O-]B([O-])[O-]. The third-order valence-corrected chi connectivity index (χ3v) is 8.03. The predicted octanol–water partition coefficient (Wildman–Crippen LogP) is -5.33. The second-order valence-electron chi connectivity index (χ2n) is 5.03. The summed E-state index contributed by atoms with van der Waals surface area (Å²) >= 11 is 2.43. The molecule has 0 aliphatic rings. The van der Waals surface area contributed by atoms with E-state index in [0.29, 0.717) is 0 Å². The minimum atomic E-state index is -2.92. The first-order valence-corrected chi connectivity index (χ1v) is 16.5. The van der Waals surface area contributed by atoms with Crippen LogP contribution in [0.4, 0.5) is 0 Å². The molecule has 6 nitrogen and oxygen atoms in total. The predicted molar refractivity (Wildman–Crippen MR) is 89.7 cm³/mol. The van der Waals surface area contributed by atoms with E-state index in [0.717, 1.165) is 78.4 Å². The summed E-state index contributed by atoms with van der Waals surface area (Å²) in [5.74, 6) is 0. The van der Waals surface area contributed by atoms with E-state index in [1.807, 2.05) is 0 Å². The van der Waals surface area contributed by atoms with Crippen molar-refractivity contribution in [2.75, 3.05) is 0 Å². The van der Waals surface area contributed by atoms with Gasteiger partial charge < -0.3 is 30.1 Å². The molecule has 3 aromatic rings. The molecule has 0 amide bonds. The Bertz CT molecular complexity index is 609. The zero-order valence-corrected chi connectivity index (χ0v) is 37.7. The van der Waals surface area contributed by atoms with E-state index in [1.54, 1.807) is 0 Å². The molecule has 0 aromatic heterocycles. The molecular formula is C18H15Ag3B2Hg3O6. The summed E-state index contributed by atoms with van der Waals surface area (Å²) in [5, 5.41) is 50.5. The quantitative estimate of drug-likeness (QED) is 0.207. The van der Waals surface area contributed by atoms with Crippen molar-refractivity contribution in [3.63, 3.8) is 0 Å². The second kappa shape index (κ2) is 33.6. The van der Waals surface area contributed by atoms with Crippen LogP contribution in [0.25, 0.3) is 0 Å². The Morgan fingerprint density at radius 2 is 0.500 bits per heavy atom. The summed E-state index contributed by atoms with van der Waals surface area (Å²) in [6.07, 6.45) is 0. The van der Waals surface area contributed by atoms with Gasteiger partial charge in [-0.1, -0.05) is 0 Å². The van der Waals surface area contributed by atoms with Gasteiger partial charge in [-0.25, -0.2) is 0 Å². The van der Waals surface area contributed by atoms with Crippen molar-refractivity contribution < 1.29 is 176 Å². The molecule has 0 fully saturated rings. The monoisotopic (exact) mass is 1280 g/mol. The Morgan fingerprint density at radius 3 is 0.562 bits per heavy atom. The van der Waals surface area contributed by atoms with Gasteiger partial charge in [0.05, 0.1) is 0 Å². The smallest absolute Gasteiger partial charge is 0.278 e. The van der Waals surface area contributed by atoms with Gasteiger partial charge in [-0.3, -0.25) is 14.6 Å². The molecule has 0 bridgehead atoms. The van der Waals surface area contributed by atoms with Gasteiger partial charge in [-0.05, 0) is 0 Å². The Labute approximate surface area is 285 Å². The van der Waals surface area contributed by atoms with Crippen molar-refractivity contribution in [3.05, 3.63) is 91.0 Å². The van der Waals surface area contributed by atoms with E-state index in [-0.39, 0.29) is 67.1 Å². The van der Waals surface area contributed by atoms with E-state index in [9.17, 15) is 0 Å². The maximum absolute atomic E-state index is 8.42. The fraction of sp³-hybridized carbons (Fsp3) is 0. The van der Waals surface area contributed by atoms with E-state index < -0.39 is 14.6 Å². The molecule has 0 aliphatic carbocycles. The molecular weight excluding hydrogens is 1260 g/mol. The molecule has 0 saturated carbocycles. The van der Waals surface area contributed by atoms with Crippen LogP contribution in [0.2, 0.25) is 0 Å². The molecule has 0 aliphatic heterocycles. The van der Waals surface area contributed by atoms with Crippen LogP contribution < -0.4 is 39.4 Å². The normalized spacial score (nSPS) is 7.50. The van der Waals surface area contributed by atoms with Crippen LogP contribution in [-0.4, -0.2) is 14.6 Å². The second-order valence-corrected chi connectivity index (χ2v) is 14.6. The first-order chi connectivity index (χ1) is 13.6. The van der Waals surface area contributed by atoms with Crippen LogP contribution >= 0.6 is 0 Å². The van der Waals surface area contributed by atoms with Gasteiger partial charge in [0, 0.05) is 0 Å². The third-order valence-electron chi connectivity index (χ3n) is 2.53. The molecule has 0 heterocycles. The number of hydrogen-bond acceptors (Lipinski definition) is 6. The number of hydrogen-bond donors (Lipinski definition) is 0. The Balaban J connectivity index is -0.0000000949. The summed E-state index contributed by atoms with van der Waals surface area (Å²) in [7, 11) is -5.83. The molecule has 0 atom stereocenters. The van der Waals surface area contributed by atoms with Gasteiger partial charge in [0.25, 0.3) is 0 Å². The summed E-state index contributed by atoms with van der Waals surface area (Å²) in [6.45, 7) is 0. The molecule has 0 radical (unpaired) electrons. The molecule has 0 N–H and O–H groups in total. The van der Waals surface area contributed by atoms with Crippen molar-refractivity contribution in [2.24, 2.45) is 0 Å². The van der Waals surface area contributed by atoms with Gasteiger partial charge in [-0.2, -0.15) is 0 Å². The van der Waals surface area contributed by atoms with Crippen molar-refractivity contribution >= 4 is 23.9 Å². The van der Waals surface area contributed by atoms with Gasteiger partial charge in [-0.15, -0.1) is 0 Å². The number of benzene rings is 3. The van der Waals surface area contributed by atoms with E-state index in [4.69, 9.17) is 30.1 Å². The molecule has 0 unspecified atom stereocenters. The number of rotatable bonds is 0. The average molecular weight is 1270 g/mol. The Kier molecular flexibility index (Phi) is 46.8. The minimum absolute atomic E-state index is 0. The van der Waals surface area contributed by atoms with Crippen LogP contribution in [0.1, 0.15) is 0 Å². The maximum atomic E-state index is 8.42. The van der Waals surface area contributed by atoms with Gasteiger partial charge >= 0.3 is 246 Å². The molecule has 32 heavy (non-hydrogen) atoms. The van der Waals surface area contributed by atoms with Crippen LogP contribution in [0.15, 0.2) is 91.0 Å². The zero-order valence-electron chi connectivity index (χ0n) is 16.8. The standard InChI is InChI=1S/3C6H5.3Ag.2BO3.3Hg/c3*1-2-4-6-5-3-1;;;;2*2-1(3)4;;;/h3*1-5H;;;;;;;;/q;;;3*+1;2*-3;3*+1. The van der Waals surface area contributed by atoms with Crippen LogP contribution in [0.5, 0.6) is 0 Å². The Hall–Kier alpha value is 2.58. The third kappa shape index (κ3) is 46.0. The summed E-state index contributed by atoms with van der Waals surface area (Å²) in [6, 6.07) is 31.7. The first kappa shape index (κ1) is 44.6. The van der Waals surface area contributed by atoms with E-state index in [1.165, 1.54) is 9.22 Å². The average Bonchev–Trinajstić information content (AvgIpc) is 2.64. The van der Waals surface area contributed by atoms with E-state index in [2.05, 4.69) is 91.0 Å². The van der Waals surface area contributed by atoms with E-state index >= 15 is 0 Å². The van der Waals surface area contributed by atoms with Gasteiger partial charge in [0.2, 0.25) is 0 Å². The zero-order chi connectivity index (χ0) is 22.5. The van der Waals surface area contributed by atoms with Crippen molar-refractivity contribution in [2.45, 2.75) is 0 Å². The maximum Gasteiger partial charge on any atom is -0.278 e. The fourth-order valence-corrected chi connectivity index (χ4v) is 4.61.